The van der Waals surface area contributed by atoms with Gasteiger partial charge in [0.1, 0.15) is 0 Å². The molecule has 0 saturated heterocycles. The molecule has 2 aromatic rings. The molecule has 0 spiro atoms. The zero-order valence-corrected chi connectivity index (χ0v) is 11.1. The number of amides is 2. The molecule has 0 aromatic heterocycles. The molecule has 0 fully saturated rings. The molecule has 1 aliphatic heterocycles. The minimum atomic E-state index is -0.674. The third-order valence-corrected chi connectivity index (χ3v) is 3.42. The van der Waals surface area contributed by atoms with Crippen LogP contribution in [-0.4, -0.2) is 11.8 Å². The Kier molecular flexibility index (Phi) is 3.16. The molecule has 2 amide bonds. The third kappa shape index (κ3) is 2.26. The van der Waals surface area contributed by atoms with Gasteiger partial charge in [-0.2, -0.15) is 0 Å². The van der Waals surface area contributed by atoms with Crippen LogP contribution < -0.4 is 10.6 Å². The van der Waals surface area contributed by atoms with Crippen molar-refractivity contribution in [2.75, 3.05) is 5.32 Å². The monoisotopic (exact) mass is 286 g/mol. The Morgan fingerprint density at radius 3 is 2.45 bits per heavy atom. The van der Waals surface area contributed by atoms with E-state index in [-0.39, 0.29) is 0 Å². The highest BCUT2D eigenvalue weighted by molar-refractivity contribution is 6.40. The van der Waals surface area contributed by atoms with E-state index in [1.807, 2.05) is 30.3 Å². The molecule has 4 nitrogen and oxygen atoms in total. The normalized spacial score (nSPS) is 17.8. The molecule has 1 atom stereocenters. The number of hydrogen-bond donors (Lipinski definition) is 2. The summed E-state index contributed by atoms with van der Waals surface area (Å²) in [5, 5.41) is 5.86. The number of carbonyl (C=O) groups is 2. The van der Waals surface area contributed by atoms with Crippen LogP contribution in [0, 0.1) is 0 Å². The Balaban J connectivity index is 2.16. The number of rotatable bonds is 1. The zero-order chi connectivity index (χ0) is 14.1. The lowest BCUT2D eigenvalue weighted by molar-refractivity contribution is -0.136. The summed E-state index contributed by atoms with van der Waals surface area (Å²) in [7, 11) is 0. The average molecular weight is 287 g/mol. The second-order valence-corrected chi connectivity index (χ2v) is 4.94. The number of carbonyl (C=O) groups excluding carboxylic acids is 2. The molecular formula is C15H11ClN2O2. The SMILES string of the molecule is O=C1Nc2ccc(Cl)cc2[C@H](c2ccccc2)NC1=O. The number of halogens is 1. The minimum Gasteiger partial charge on any atom is -0.337 e. The van der Waals surface area contributed by atoms with Crippen LogP contribution in [0.1, 0.15) is 17.2 Å². The van der Waals surface area contributed by atoms with Gasteiger partial charge in [0.05, 0.1) is 6.04 Å². The van der Waals surface area contributed by atoms with Crippen molar-refractivity contribution in [3.05, 3.63) is 64.7 Å². The highest BCUT2D eigenvalue weighted by Crippen LogP contribution is 2.32. The Morgan fingerprint density at radius 1 is 0.950 bits per heavy atom. The van der Waals surface area contributed by atoms with Crippen molar-refractivity contribution in [2.24, 2.45) is 0 Å². The quantitative estimate of drug-likeness (QED) is 0.791. The highest BCUT2D eigenvalue weighted by atomic mass is 35.5. The first-order valence-electron chi connectivity index (χ1n) is 6.11. The first-order chi connectivity index (χ1) is 9.65. The van der Waals surface area contributed by atoms with Gasteiger partial charge >= 0.3 is 11.8 Å². The smallest absolute Gasteiger partial charge is 0.313 e. The summed E-state index contributed by atoms with van der Waals surface area (Å²) >= 11 is 6.03. The molecule has 100 valence electrons. The standard InChI is InChI=1S/C15H11ClN2O2/c16-10-6-7-12-11(8-10)13(9-4-2-1-3-5-9)18-15(20)14(19)17-12/h1-8,13H,(H,17,19)(H,18,20)/t13-/m0/s1. The average Bonchev–Trinajstić information content (AvgIpc) is 2.58. The summed E-state index contributed by atoms with van der Waals surface area (Å²) in [6.07, 6.45) is 0. The van der Waals surface area contributed by atoms with Crippen LogP contribution in [-0.2, 0) is 9.59 Å². The van der Waals surface area contributed by atoms with E-state index in [4.69, 9.17) is 11.6 Å². The van der Waals surface area contributed by atoms with Gasteiger partial charge < -0.3 is 10.6 Å². The fraction of sp³-hybridized carbons (Fsp3) is 0.0667. The summed E-state index contributed by atoms with van der Waals surface area (Å²) in [4.78, 5) is 23.5. The maximum absolute atomic E-state index is 11.8. The number of anilines is 1. The first kappa shape index (κ1) is 12.7. The largest absolute Gasteiger partial charge is 0.337 e. The van der Waals surface area contributed by atoms with Gasteiger partial charge in [0, 0.05) is 16.3 Å². The third-order valence-electron chi connectivity index (χ3n) is 3.19. The Hall–Kier alpha value is -2.33. The van der Waals surface area contributed by atoms with E-state index in [1.54, 1.807) is 18.2 Å². The lowest BCUT2D eigenvalue weighted by atomic mass is 9.97. The number of hydrogen-bond acceptors (Lipinski definition) is 2. The van der Waals surface area contributed by atoms with E-state index < -0.39 is 17.9 Å². The van der Waals surface area contributed by atoms with Crippen molar-refractivity contribution >= 4 is 29.1 Å². The van der Waals surface area contributed by atoms with Gasteiger partial charge in [-0.3, -0.25) is 9.59 Å². The van der Waals surface area contributed by atoms with Crippen LogP contribution in [0.3, 0.4) is 0 Å². The van der Waals surface area contributed by atoms with Crippen LogP contribution in [0.25, 0.3) is 0 Å². The summed E-state index contributed by atoms with van der Waals surface area (Å²) in [5.41, 5.74) is 2.25. The molecule has 0 radical (unpaired) electrons. The van der Waals surface area contributed by atoms with Crippen molar-refractivity contribution in [2.45, 2.75) is 6.04 Å². The topological polar surface area (TPSA) is 58.2 Å². The second-order valence-electron chi connectivity index (χ2n) is 4.50. The van der Waals surface area contributed by atoms with E-state index in [2.05, 4.69) is 10.6 Å². The lowest BCUT2D eigenvalue weighted by Gasteiger charge is -2.18. The minimum absolute atomic E-state index is 0.406. The number of benzene rings is 2. The number of fused-ring (bicyclic) bond motifs is 1. The van der Waals surface area contributed by atoms with Crippen molar-refractivity contribution in [3.8, 4) is 0 Å². The predicted molar refractivity (Wildman–Crippen MR) is 76.5 cm³/mol. The highest BCUT2D eigenvalue weighted by Gasteiger charge is 2.28. The van der Waals surface area contributed by atoms with Crippen molar-refractivity contribution in [3.63, 3.8) is 0 Å². The maximum atomic E-state index is 11.8. The van der Waals surface area contributed by atoms with Crippen molar-refractivity contribution in [1.29, 1.82) is 0 Å². The predicted octanol–water partition coefficient (Wildman–Crippen LogP) is 2.50. The van der Waals surface area contributed by atoms with E-state index in [1.165, 1.54) is 0 Å². The van der Waals surface area contributed by atoms with Gasteiger partial charge in [0.15, 0.2) is 0 Å². The van der Waals surface area contributed by atoms with Gasteiger partial charge in [0.2, 0.25) is 0 Å². The summed E-state index contributed by atoms with van der Waals surface area (Å²) in [6, 6.07) is 14.2. The van der Waals surface area contributed by atoms with Gasteiger partial charge in [-0.1, -0.05) is 41.9 Å². The van der Waals surface area contributed by atoms with E-state index in [9.17, 15) is 9.59 Å². The summed E-state index contributed by atoms with van der Waals surface area (Å²) < 4.78 is 0. The van der Waals surface area contributed by atoms with Gasteiger partial charge in [-0.25, -0.2) is 0 Å². The fourth-order valence-corrected chi connectivity index (χ4v) is 2.43. The second kappa shape index (κ2) is 4.98. The maximum Gasteiger partial charge on any atom is 0.313 e. The molecule has 0 saturated carbocycles. The molecular weight excluding hydrogens is 276 g/mol. The van der Waals surface area contributed by atoms with E-state index in [0.29, 0.717) is 10.7 Å². The van der Waals surface area contributed by atoms with Gasteiger partial charge in [-0.05, 0) is 23.8 Å². The molecule has 0 aliphatic carbocycles. The summed E-state index contributed by atoms with van der Waals surface area (Å²) in [5.74, 6) is -1.34. The fourth-order valence-electron chi connectivity index (χ4n) is 2.25. The molecule has 5 heteroatoms. The Morgan fingerprint density at radius 2 is 1.70 bits per heavy atom. The lowest BCUT2D eigenvalue weighted by Crippen LogP contribution is -2.34. The van der Waals surface area contributed by atoms with Gasteiger partial charge in [-0.15, -0.1) is 0 Å². The van der Waals surface area contributed by atoms with Crippen LogP contribution >= 0.6 is 11.6 Å². The number of nitrogens with one attached hydrogen (secondary N) is 2. The van der Waals surface area contributed by atoms with Crippen LogP contribution in [0.15, 0.2) is 48.5 Å². The Labute approximate surface area is 120 Å². The summed E-state index contributed by atoms with van der Waals surface area (Å²) in [6.45, 7) is 0. The zero-order valence-electron chi connectivity index (χ0n) is 10.4. The molecule has 3 rings (SSSR count). The van der Waals surface area contributed by atoms with E-state index in [0.717, 1.165) is 11.1 Å². The Bertz CT molecular complexity index is 686. The molecule has 0 unspecified atom stereocenters. The molecule has 1 heterocycles. The van der Waals surface area contributed by atoms with Crippen molar-refractivity contribution in [1.82, 2.24) is 5.32 Å². The molecule has 2 N–H and O–H groups in total. The van der Waals surface area contributed by atoms with Crippen LogP contribution in [0.5, 0.6) is 0 Å². The van der Waals surface area contributed by atoms with Crippen LogP contribution in [0.2, 0.25) is 5.02 Å². The molecule has 1 aliphatic rings. The van der Waals surface area contributed by atoms with E-state index >= 15 is 0 Å². The molecule has 2 aromatic carbocycles. The first-order valence-corrected chi connectivity index (χ1v) is 6.49. The van der Waals surface area contributed by atoms with Gasteiger partial charge in [0.25, 0.3) is 0 Å². The van der Waals surface area contributed by atoms with Crippen LogP contribution in [0.4, 0.5) is 5.69 Å². The molecule has 0 bridgehead atoms. The van der Waals surface area contributed by atoms with Crippen molar-refractivity contribution < 1.29 is 9.59 Å². The molecule has 20 heavy (non-hydrogen) atoms.